The molecule has 108 valence electrons. The van der Waals surface area contributed by atoms with E-state index in [-0.39, 0.29) is 22.5 Å². The van der Waals surface area contributed by atoms with E-state index in [1.807, 2.05) is 10.8 Å². The Labute approximate surface area is 130 Å². The van der Waals surface area contributed by atoms with Gasteiger partial charge in [0, 0.05) is 20.1 Å². The van der Waals surface area contributed by atoms with Crippen LogP contribution in [0.15, 0.2) is 4.99 Å². The van der Waals surface area contributed by atoms with Crippen LogP contribution < -0.4 is 0 Å². The fourth-order valence-electron chi connectivity index (χ4n) is 1.51. The second kappa shape index (κ2) is 9.47. The Morgan fingerprint density at radius 2 is 1.72 bits per heavy atom. The maximum atomic E-state index is 4.69. The Kier molecular flexibility index (Phi) is 9.77. The molecule has 4 nitrogen and oxygen atoms in total. The van der Waals surface area contributed by atoms with Gasteiger partial charge >= 0.3 is 0 Å². The van der Waals surface area contributed by atoms with Gasteiger partial charge in [-0.15, -0.1) is 17.0 Å². The molecule has 0 radical (unpaired) electrons. The minimum Gasteiger partial charge on any atom is -0.353 e. The van der Waals surface area contributed by atoms with Crippen molar-refractivity contribution in [3.05, 3.63) is 0 Å². The van der Waals surface area contributed by atoms with E-state index in [1.165, 1.54) is 0 Å². The molecule has 1 rings (SSSR count). The predicted molar refractivity (Wildman–Crippen MR) is 90.8 cm³/mol. The summed E-state index contributed by atoms with van der Waals surface area (Å²) >= 11 is 0. The van der Waals surface area contributed by atoms with E-state index in [4.69, 9.17) is 4.99 Å². The van der Waals surface area contributed by atoms with Gasteiger partial charge < -0.3 is 9.80 Å². The van der Waals surface area contributed by atoms with E-state index in [2.05, 4.69) is 49.7 Å². The van der Waals surface area contributed by atoms with Crippen molar-refractivity contribution in [3.8, 4) is 0 Å². The molecule has 1 unspecified atom stereocenters. The van der Waals surface area contributed by atoms with Crippen molar-refractivity contribution < 1.29 is 0 Å². The van der Waals surface area contributed by atoms with Crippen LogP contribution in [-0.4, -0.2) is 72.7 Å². The molecule has 0 fully saturated rings. The van der Waals surface area contributed by atoms with Gasteiger partial charge in [0.2, 0.25) is 0 Å². The van der Waals surface area contributed by atoms with Crippen LogP contribution in [0.25, 0.3) is 0 Å². The highest BCUT2D eigenvalue weighted by Crippen LogP contribution is 2.37. The highest BCUT2D eigenvalue weighted by atomic mass is 79.9. The van der Waals surface area contributed by atoms with Gasteiger partial charge in [0.05, 0.1) is 0 Å². The zero-order chi connectivity index (χ0) is 12.8. The highest BCUT2D eigenvalue weighted by molar-refractivity contribution is 8.93. The molecule has 1 aliphatic heterocycles. The molecule has 0 aromatic rings. The summed E-state index contributed by atoms with van der Waals surface area (Å²) in [7, 11) is 9.88. The van der Waals surface area contributed by atoms with Crippen molar-refractivity contribution in [2.45, 2.75) is 19.3 Å². The minimum absolute atomic E-state index is 0. The predicted octanol–water partition coefficient (Wildman–Crippen LogP) is 2.43. The van der Waals surface area contributed by atoms with Gasteiger partial charge in [-0.25, -0.2) is 4.99 Å². The molecule has 0 aromatic carbocycles. The summed E-state index contributed by atoms with van der Waals surface area (Å²) < 4.78 is 0. The molecule has 1 heterocycles. The number of nitrogens with zero attached hydrogens (tertiary/aromatic N) is 4. The largest absolute Gasteiger partial charge is 0.353 e. The number of aliphatic imine (C=N–C) groups is 1. The van der Waals surface area contributed by atoms with Crippen LogP contribution in [0.1, 0.15) is 13.8 Å². The van der Waals surface area contributed by atoms with E-state index in [0.29, 0.717) is 0 Å². The van der Waals surface area contributed by atoms with Crippen LogP contribution in [0, 0.1) is 0 Å². The average Bonchev–Trinajstić information content (AvgIpc) is 2.79. The zero-order valence-electron chi connectivity index (χ0n) is 11.9. The van der Waals surface area contributed by atoms with Crippen molar-refractivity contribution in [1.82, 2.24) is 14.7 Å². The monoisotopic (exact) mass is 356 g/mol. The molecule has 0 spiro atoms. The van der Waals surface area contributed by atoms with Crippen molar-refractivity contribution in [3.63, 3.8) is 0 Å². The van der Waals surface area contributed by atoms with Crippen LogP contribution in [0.4, 0.5) is 0 Å². The SMILES string of the molecule is Br.CCN(CC)CCN(C)C1=NC(N(C)C)SS1. The Morgan fingerprint density at radius 3 is 2.17 bits per heavy atom. The summed E-state index contributed by atoms with van der Waals surface area (Å²) in [6.45, 7) is 8.83. The van der Waals surface area contributed by atoms with Gasteiger partial charge in [-0.2, -0.15) is 0 Å². The smallest absolute Gasteiger partial charge is 0.172 e. The van der Waals surface area contributed by atoms with Gasteiger partial charge in [0.1, 0.15) is 0 Å². The summed E-state index contributed by atoms with van der Waals surface area (Å²) in [4.78, 5) is 11.5. The first kappa shape index (κ1) is 18.6. The molecule has 0 saturated heterocycles. The summed E-state index contributed by atoms with van der Waals surface area (Å²) in [5.74, 6) is 0. The molecule has 0 saturated carbocycles. The van der Waals surface area contributed by atoms with Crippen LogP contribution >= 0.6 is 38.6 Å². The number of likely N-dealkylation sites (N-methyl/N-ethyl adjacent to an activating group) is 2. The van der Waals surface area contributed by atoms with Crippen molar-refractivity contribution in [2.24, 2.45) is 4.99 Å². The third-order valence-electron chi connectivity index (χ3n) is 2.84. The molecule has 0 amide bonds. The molecule has 0 aliphatic carbocycles. The zero-order valence-corrected chi connectivity index (χ0v) is 15.3. The molecule has 0 aromatic heterocycles. The molecular formula is C11H25BrN4S2. The van der Waals surface area contributed by atoms with E-state index in [9.17, 15) is 0 Å². The fourth-order valence-corrected chi connectivity index (χ4v) is 4.10. The van der Waals surface area contributed by atoms with Crippen LogP contribution in [0.3, 0.4) is 0 Å². The lowest BCUT2D eigenvalue weighted by Gasteiger charge is -2.23. The Balaban J connectivity index is 0.00000289. The van der Waals surface area contributed by atoms with Gasteiger partial charge in [-0.1, -0.05) is 13.8 Å². The first-order chi connectivity index (χ1) is 8.08. The van der Waals surface area contributed by atoms with Crippen molar-refractivity contribution >= 4 is 43.7 Å². The standard InChI is InChI=1S/C11H24N4S2.BrH/c1-6-15(7-2)9-8-14(5)11-12-10(13(3)4)16-17-11;/h10H,6-9H2,1-5H3;1H. The van der Waals surface area contributed by atoms with Crippen LogP contribution in [0.2, 0.25) is 0 Å². The number of amidine groups is 1. The van der Waals surface area contributed by atoms with Gasteiger partial charge in [-0.3, -0.25) is 4.90 Å². The van der Waals surface area contributed by atoms with Gasteiger partial charge in [0.15, 0.2) is 10.7 Å². The maximum absolute atomic E-state index is 4.69. The fraction of sp³-hybridized carbons (Fsp3) is 0.909. The van der Waals surface area contributed by atoms with Crippen molar-refractivity contribution in [2.75, 3.05) is 47.3 Å². The Bertz CT molecular complexity index is 259. The third kappa shape index (κ3) is 5.69. The maximum Gasteiger partial charge on any atom is 0.172 e. The Hall–Kier alpha value is 0.570. The van der Waals surface area contributed by atoms with Gasteiger partial charge in [-0.05, 0) is 48.8 Å². The van der Waals surface area contributed by atoms with Crippen LogP contribution in [-0.2, 0) is 0 Å². The van der Waals surface area contributed by atoms with E-state index in [1.54, 1.807) is 10.8 Å². The molecular weight excluding hydrogens is 332 g/mol. The van der Waals surface area contributed by atoms with E-state index < -0.39 is 0 Å². The summed E-state index contributed by atoms with van der Waals surface area (Å²) in [6.07, 6.45) is 0. The summed E-state index contributed by atoms with van der Waals surface area (Å²) in [5.41, 5.74) is 0.269. The first-order valence-electron chi connectivity index (χ1n) is 6.09. The summed E-state index contributed by atoms with van der Waals surface area (Å²) in [6, 6.07) is 0. The average molecular weight is 357 g/mol. The van der Waals surface area contributed by atoms with E-state index in [0.717, 1.165) is 31.3 Å². The summed E-state index contributed by atoms with van der Waals surface area (Å²) in [5, 5.41) is 1.15. The highest BCUT2D eigenvalue weighted by Gasteiger charge is 2.23. The second-order valence-electron chi connectivity index (χ2n) is 4.33. The van der Waals surface area contributed by atoms with Gasteiger partial charge in [0.25, 0.3) is 0 Å². The second-order valence-corrected chi connectivity index (χ2v) is 6.55. The third-order valence-corrected chi connectivity index (χ3v) is 5.46. The lowest BCUT2D eigenvalue weighted by Crippen LogP contribution is -2.35. The quantitative estimate of drug-likeness (QED) is 0.679. The topological polar surface area (TPSA) is 22.1 Å². The molecule has 0 N–H and O–H groups in total. The van der Waals surface area contributed by atoms with Crippen molar-refractivity contribution in [1.29, 1.82) is 0 Å². The van der Waals surface area contributed by atoms with Crippen LogP contribution in [0.5, 0.6) is 0 Å². The van der Waals surface area contributed by atoms with E-state index >= 15 is 0 Å². The lowest BCUT2D eigenvalue weighted by molar-refractivity contribution is 0.280. The lowest BCUT2D eigenvalue weighted by atomic mass is 10.4. The number of hydrogen-bond donors (Lipinski definition) is 0. The Morgan fingerprint density at radius 1 is 1.11 bits per heavy atom. The number of rotatable bonds is 6. The molecule has 1 atom stereocenters. The normalized spacial score (nSPS) is 19.1. The number of halogens is 1. The molecule has 18 heavy (non-hydrogen) atoms. The molecule has 1 aliphatic rings. The molecule has 7 heteroatoms. The first-order valence-corrected chi connectivity index (χ1v) is 8.30. The number of hydrogen-bond acceptors (Lipinski definition) is 6. The molecule has 0 bridgehead atoms. The minimum atomic E-state index is 0.